The van der Waals surface area contributed by atoms with Crippen molar-refractivity contribution >= 4 is 12.1 Å². The van der Waals surface area contributed by atoms with Crippen LogP contribution in [0.25, 0.3) is 0 Å². The van der Waals surface area contributed by atoms with E-state index >= 15 is 0 Å². The maximum Gasteiger partial charge on any atom is 0.155 e. The number of Topliss-reactive ketones (excluding diaryl/α,β-unsaturated/α-hetero) is 1. The third-order valence-electron chi connectivity index (χ3n) is 5.72. The van der Waals surface area contributed by atoms with E-state index in [9.17, 15) is 9.59 Å². The molecule has 0 heterocycles. The van der Waals surface area contributed by atoms with Gasteiger partial charge < -0.3 is 5.73 Å². The monoisotopic (exact) mass is 335 g/mol. The van der Waals surface area contributed by atoms with Crippen LogP contribution in [0.15, 0.2) is 23.8 Å². The largest absolute Gasteiger partial charge is 0.324 e. The fourth-order valence-corrected chi connectivity index (χ4v) is 3.44. The molecule has 0 radical (unpaired) electrons. The number of carbonyl (C=O) groups excluding carboxylic acids is 2. The predicted octanol–water partition coefficient (Wildman–Crippen LogP) is 5.00. The summed E-state index contributed by atoms with van der Waals surface area (Å²) in [5, 5.41) is 0. The van der Waals surface area contributed by atoms with Crippen LogP contribution in [0, 0.1) is 11.3 Å². The van der Waals surface area contributed by atoms with Gasteiger partial charge in [-0.2, -0.15) is 0 Å². The molecule has 0 saturated carbocycles. The van der Waals surface area contributed by atoms with Crippen molar-refractivity contribution in [1.29, 1.82) is 0 Å². The summed E-state index contributed by atoms with van der Waals surface area (Å²) in [4.78, 5) is 22.6. The number of aldehydes is 1. The van der Waals surface area contributed by atoms with Crippen LogP contribution in [-0.2, 0) is 9.59 Å². The molecular weight excluding hydrogens is 298 g/mol. The first kappa shape index (κ1) is 22.8. The van der Waals surface area contributed by atoms with E-state index in [1.54, 1.807) is 13.0 Å². The van der Waals surface area contributed by atoms with E-state index in [1.807, 2.05) is 12.2 Å². The number of carbonyl (C=O) groups is 2. The van der Waals surface area contributed by atoms with E-state index in [2.05, 4.69) is 34.6 Å². The normalized spacial score (nSPS) is 18.9. The third kappa shape index (κ3) is 6.01. The average molecular weight is 336 g/mol. The fourth-order valence-electron chi connectivity index (χ4n) is 3.44. The molecule has 0 saturated heterocycles. The van der Waals surface area contributed by atoms with Gasteiger partial charge in [0.05, 0.1) is 0 Å². The van der Waals surface area contributed by atoms with E-state index in [4.69, 9.17) is 5.73 Å². The van der Waals surface area contributed by atoms with Gasteiger partial charge in [0, 0.05) is 5.54 Å². The Labute approximate surface area is 148 Å². The minimum absolute atomic E-state index is 0.109. The number of hydrogen-bond donors (Lipinski definition) is 1. The Balaban J connectivity index is 5.47. The molecule has 3 nitrogen and oxygen atoms in total. The Bertz CT molecular complexity index is 462. The van der Waals surface area contributed by atoms with Crippen molar-refractivity contribution in [2.24, 2.45) is 17.1 Å². The van der Waals surface area contributed by atoms with Crippen LogP contribution in [0.5, 0.6) is 0 Å². The number of hydrogen-bond acceptors (Lipinski definition) is 3. The van der Waals surface area contributed by atoms with Crippen molar-refractivity contribution in [1.82, 2.24) is 0 Å². The van der Waals surface area contributed by atoms with E-state index < -0.39 is 5.54 Å². The first-order chi connectivity index (χ1) is 11.2. The van der Waals surface area contributed by atoms with Crippen LogP contribution in [-0.4, -0.2) is 17.6 Å². The predicted molar refractivity (Wildman–Crippen MR) is 103 cm³/mol. The molecule has 3 heteroatoms. The summed E-state index contributed by atoms with van der Waals surface area (Å²) < 4.78 is 0. The molecule has 2 unspecified atom stereocenters. The van der Waals surface area contributed by atoms with Crippen molar-refractivity contribution in [2.75, 3.05) is 0 Å². The van der Waals surface area contributed by atoms with Gasteiger partial charge >= 0.3 is 0 Å². The maximum atomic E-state index is 11.8. The average Bonchev–Trinajstić information content (AvgIpc) is 2.54. The molecule has 2 N–H and O–H groups in total. The summed E-state index contributed by atoms with van der Waals surface area (Å²) in [5.41, 5.74) is 7.20. The van der Waals surface area contributed by atoms with Gasteiger partial charge in [-0.15, -0.1) is 0 Å². The topological polar surface area (TPSA) is 60.2 Å². The highest BCUT2D eigenvalue weighted by molar-refractivity contribution is 5.93. The van der Waals surface area contributed by atoms with Gasteiger partial charge in [-0.1, -0.05) is 46.3 Å². The Kier molecular flexibility index (Phi) is 10.1. The minimum atomic E-state index is -0.439. The van der Waals surface area contributed by atoms with E-state index in [-0.39, 0.29) is 17.1 Å². The molecule has 0 aliphatic heterocycles. The molecule has 3 atom stereocenters. The zero-order chi connectivity index (χ0) is 18.8. The summed E-state index contributed by atoms with van der Waals surface area (Å²) in [6, 6.07) is 0. The SMILES string of the molecule is CC/C=C(/CC[C@](C)(CC)C(C)(N)C(/C=C\C=O)CCC)C(C)=O. The lowest BCUT2D eigenvalue weighted by Crippen LogP contribution is -2.56. The summed E-state index contributed by atoms with van der Waals surface area (Å²) in [7, 11) is 0. The van der Waals surface area contributed by atoms with Crippen molar-refractivity contribution < 1.29 is 9.59 Å². The van der Waals surface area contributed by atoms with Crippen LogP contribution in [0.2, 0.25) is 0 Å². The molecule has 0 fully saturated rings. The molecule has 0 amide bonds. The van der Waals surface area contributed by atoms with E-state index in [0.717, 1.165) is 50.4 Å². The molecule has 0 rings (SSSR count). The molecule has 24 heavy (non-hydrogen) atoms. The number of nitrogens with two attached hydrogens (primary N) is 1. The van der Waals surface area contributed by atoms with Crippen LogP contribution in [0.1, 0.15) is 80.1 Å². The highest BCUT2D eigenvalue weighted by Crippen LogP contribution is 2.44. The molecular formula is C21H37NO2. The van der Waals surface area contributed by atoms with Crippen LogP contribution in [0.3, 0.4) is 0 Å². The van der Waals surface area contributed by atoms with E-state index in [0.29, 0.717) is 0 Å². The van der Waals surface area contributed by atoms with Crippen LogP contribution < -0.4 is 5.73 Å². The van der Waals surface area contributed by atoms with Crippen LogP contribution >= 0.6 is 0 Å². The second kappa shape index (κ2) is 10.6. The first-order valence-electron chi connectivity index (χ1n) is 9.30. The van der Waals surface area contributed by atoms with Gasteiger partial charge in [0.1, 0.15) is 6.29 Å². The Hall–Kier alpha value is -1.22. The standard InChI is InChI=1S/C21H37NO2/c1-7-11-18(17(4)24)14-15-20(5,9-3)21(6,22)19(12-8-2)13-10-16-23/h10-11,13,16,19H,7-9,12,14-15,22H2,1-6H3/b13-10-,18-11-/t19?,20-,21?/m0/s1. The summed E-state index contributed by atoms with van der Waals surface area (Å²) in [6.07, 6.45) is 11.8. The van der Waals surface area contributed by atoms with E-state index in [1.165, 1.54) is 0 Å². The fraction of sp³-hybridized carbons (Fsp3) is 0.714. The Morgan fingerprint density at radius 3 is 2.25 bits per heavy atom. The maximum absolute atomic E-state index is 11.8. The molecule has 0 aliphatic carbocycles. The quantitative estimate of drug-likeness (QED) is 0.403. The minimum Gasteiger partial charge on any atom is -0.324 e. The molecule has 138 valence electrons. The lowest BCUT2D eigenvalue weighted by atomic mass is 9.61. The number of ketones is 1. The molecule has 0 aromatic heterocycles. The highest BCUT2D eigenvalue weighted by atomic mass is 16.1. The molecule has 0 spiro atoms. The Morgan fingerprint density at radius 1 is 1.21 bits per heavy atom. The van der Waals surface area contributed by atoms with Gasteiger partial charge in [0.25, 0.3) is 0 Å². The number of allylic oxidation sites excluding steroid dienone is 3. The van der Waals surface area contributed by atoms with Gasteiger partial charge in [0.15, 0.2) is 5.78 Å². The van der Waals surface area contributed by atoms with Crippen molar-refractivity contribution in [3.8, 4) is 0 Å². The van der Waals surface area contributed by atoms with Gasteiger partial charge in [-0.25, -0.2) is 0 Å². The summed E-state index contributed by atoms with van der Waals surface area (Å²) in [6.45, 7) is 12.3. The van der Waals surface area contributed by atoms with Crippen molar-refractivity contribution in [2.45, 2.75) is 85.6 Å². The first-order valence-corrected chi connectivity index (χ1v) is 9.30. The van der Waals surface area contributed by atoms with Crippen molar-refractivity contribution in [3.63, 3.8) is 0 Å². The molecule has 0 aromatic carbocycles. The summed E-state index contributed by atoms with van der Waals surface area (Å²) in [5.74, 6) is 0.300. The number of rotatable bonds is 12. The lowest BCUT2D eigenvalue weighted by molar-refractivity contribution is -0.113. The zero-order valence-corrected chi connectivity index (χ0v) is 16.5. The molecule has 0 bridgehead atoms. The van der Waals surface area contributed by atoms with Crippen LogP contribution in [0.4, 0.5) is 0 Å². The van der Waals surface area contributed by atoms with Gasteiger partial charge in [0.2, 0.25) is 0 Å². The lowest BCUT2D eigenvalue weighted by Gasteiger charge is -2.48. The Morgan fingerprint density at radius 2 is 1.83 bits per heavy atom. The third-order valence-corrected chi connectivity index (χ3v) is 5.72. The zero-order valence-electron chi connectivity index (χ0n) is 16.5. The second-order valence-electron chi connectivity index (χ2n) is 7.31. The highest BCUT2D eigenvalue weighted by Gasteiger charge is 2.44. The van der Waals surface area contributed by atoms with Gasteiger partial charge in [-0.3, -0.25) is 9.59 Å². The summed E-state index contributed by atoms with van der Waals surface area (Å²) >= 11 is 0. The van der Waals surface area contributed by atoms with Gasteiger partial charge in [-0.05, 0) is 68.9 Å². The molecule has 0 aromatic rings. The van der Waals surface area contributed by atoms with Crippen molar-refractivity contribution in [3.05, 3.63) is 23.8 Å². The molecule has 0 aliphatic rings. The second-order valence-corrected chi connectivity index (χ2v) is 7.31. The smallest absolute Gasteiger partial charge is 0.155 e.